The van der Waals surface area contributed by atoms with Crippen LogP contribution in [0.25, 0.3) is 0 Å². The van der Waals surface area contributed by atoms with Gasteiger partial charge < -0.3 is 15.3 Å². The Balaban J connectivity index is 1.84. The van der Waals surface area contributed by atoms with Crippen molar-refractivity contribution >= 4 is 5.69 Å². The maximum absolute atomic E-state index is 10.9. The van der Waals surface area contributed by atoms with Crippen molar-refractivity contribution in [2.45, 2.75) is 43.7 Å². The van der Waals surface area contributed by atoms with E-state index in [1.807, 2.05) is 0 Å². The van der Waals surface area contributed by atoms with Crippen LogP contribution in [0.1, 0.15) is 43.7 Å². The minimum absolute atomic E-state index is 0.310. The minimum atomic E-state index is -0.436. The van der Waals surface area contributed by atoms with Gasteiger partial charge in [-0.25, -0.2) is 0 Å². The maximum atomic E-state index is 10.9. The van der Waals surface area contributed by atoms with Crippen molar-refractivity contribution in [2.24, 2.45) is 5.92 Å². The summed E-state index contributed by atoms with van der Waals surface area (Å²) < 4.78 is 0. The first-order chi connectivity index (χ1) is 9.60. The highest BCUT2D eigenvalue weighted by molar-refractivity contribution is 5.46. The number of rotatable bonds is 2. The topological polar surface area (TPSA) is 35.5 Å². The largest absolute Gasteiger partial charge is 0.389 e. The van der Waals surface area contributed by atoms with Gasteiger partial charge in [0.05, 0.1) is 5.60 Å². The van der Waals surface area contributed by atoms with E-state index < -0.39 is 5.60 Å². The predicted octanol–water partition coefficient (Wildman–Crippen LogP) is 2.71. The van der Waals surface area contributed by atoms with E-state index in [-0.39, 0.29) is 0 Å². The summed E-state index contributed by atoms with van der Waals surface area (Å²) in [4.78, 5) is 2.12. The van der Waals surface area contributed by atoms with Crippen LogP contribution in [0.4, 0.5) is 5.69 Å². The number of anilines is 1. The van der Waals surface area contributed by atoms with Gasteiger partial charge in [0.1, 0.15) is 0 Å². The highest BCUT2D eigenvalue weighted by Gasteiger charge is 2.45. The standard InChI is InChI=1S/C17H26N2O/c1-19(2)14-8-6-13(7-9-14)16-15-5-3-4-10-17(15,20)11-12-18-16/h6-9,15-16,18,20H,3-5,10-12H2,1-2H3/t15-,16-,17+/m1/s1. The molecule has 1 saturated heterocycles. The van der Waals surface area contributed by atoms with E-state index in [9.17, 15) is 5.11 Å². The highest BCUT2D eigenvalue weighted by atomic mass is 16.3. The lowest BCUT2D eigenvalue weighted by atomic mass is 9.67. The van der Waals surface area contributed by atoms with Crippen molar-refractivity contribution in [1.82, 2.24) is 5.32 Å². The zero-order chi connectivity index (χ0) is 14.2. The molecule has 1 aliphatic carbocycles. The van der Waals surface area contributed by atoms with E-state index in [0.29, 0.717) is 12.0 Å². The lowest BCUT2D eigenvalue weighted by Gasteiger charge is -2.48. The van der Waals surface area contributed by atoms with Crippen molar-refractivity contribution in [3.8, 4) is 0 Å². The van der Waals surface area contributed by atoms with Gasteiger partial charge in [0.25, 0.3) is 0 Å². The molecule has 0 spiro atoms. The predicted molar refractivity (Wildman–Crippen MR) is 83.0 cm³/mol. The monoisotopic (exact) mass is 274 g/mol. The number of nitrogens with one attached hydrogen (secondary N) is 1. The second kappa shape index (κ2) is 5.38. The van der Waals surface area contributed by atoms with Crippen LogP contribution in [0.3, 0.4) is 0 Å². The van der Waals surface area contributed by atoms with Crippen molar-refractivity contribution in [3.63, 3.8) is 0 Å². The van der Waals surface area contributed by atoms with Crippen molar-refractivity contribution in [3.05, 3.63) is 29.8 Å². The Morgan fingerprint density at radius 1 is 1.15 bits per heavy atom. The van der Waals surface area contributed by atoms with Crippen LogP contribution in [0.2, 0.25) is 0 Å². The minimum Gasteiger partial charge on any atom is -0.389 e. The average molecular weight is 274 g/mol. The Hall–Kier alpha value is -1.06. The SMILES string of the molecule is CN(C)c1ccc([C@H]2NCC[C@@]3(O)CCCC[C@H]23)cc1. The van der Waals surface area contributed by atoms with Crippen LogP contribution in [0.5, 0.6) is 0 Å². The van der Waals surface area contributed by atoms with Crippen molar-refractivity contribution < 1.29 is 5.11 Å². The zero-order valence-corrected chi connectivity index (χ0v) is 12.6. The third-order valence-electron chi connectivity index (χ3n) is 5.16. The second-order valence-corrected chi connectivity index (χ2v) is 6.62. The van der Waals surface area contributed by atoms with E-state index in [2.05, 4.69) is 48.6 Å². The Bertz CT molecular complexity index is 453. The molecule has 110 valence electrons. The zero-order valence-electron chi connectivity index (χ0n) is 12.6. The highest BCUT2D eigenvalue weighted by Crippen LogP contribution is 2.45. The van der Waals surface area contributed by atoms with Crippen molar-refractivity contribution in [2.75, 3.05) is 25.5 Å². The quantitative estimate of drug-likeness (QED) is 0.870. The molecular formula is C17H26N2O. The molecule has 3 nitrogen and oxygen atoms in total. The second-order valence-electron chi connectivity index (χ2n) is 6.62. The number of aliphatic hydroxyl groups is 1. The third kappa shape index (κ3) is 2.45. The molecule has 20 heavy (non-hydrogen) atoms. The molecule has 1 aliphatic heterocycles. The normalized spacial score (nSPS) is 33.5. The lowest BCUT2D eigenvalue weighted by Crippen LogP contribution is -2.53. The van der Waals surface area contributed by atoms with E-state index in [0.717, 1.165) is 25.8 Å². The smallest absolute Gasteiger partial charge is 0.0706 e. The molecule has 0 unspecified atom stereocenters. The van der Waals surface area contributed by atoms with Crippen LogP contribution in [-0.4, -0.2) is 31.3 Å². The number of fused-ring (bicyclic) bond motifs is 1. The van der Waals surface area contributed by atoms with Crippen LogP contribution in [0.15, 0.2) is 24.3 Å². The molecule has 1 aromatic carbocycles. The fourth-order valence-corrected chi connectivity index (χ4v) is 3.95. The van der Waals surface area contributed by atoms with E-state index in [4.69, 9.17) is 0 Å². The summed E-state index contributed by atoms with van der Waals surface area (Å²) in [7, 11) is 4.13. The molecule has 0 radical (unpaired) electrons. The summed E-state index contributed by atoms with van der Waals surface area (Å²) in [6.07, 6.45) is 5.46. The fourth-order valence-electron chi connectivity index (χ4n) is 3.95. The van der Waals surface area contributed by atoms with Gasteiger partial charge in [-0.2, -0.15) is 0 Å². The molecule has 1 heterocycles. The van der Waals surface area contributed by atoms with Crippen LogP contribution >= 0.6 is 0 Å². The molecule has 0 aromatic heterocycles. The molecular weight excluding hydrogens is 248 g/mol. The van der Waals surface area contributed by atoms with E-state index >= 15 is 0 Å². The first-order valence-electron chi connectivity index (χ1n) is 7.83. The Labute approximate surface area is 122 Å². The fraction of sp³-hybridized carbons (Fsp3) is 0.647. The molecule has 2 fully saturated rings. The van der Waals surface area contributed by atoms with Crippen LogP contribution in [0, 0.1) is 5.92 Å². The summed E-state index contributed by atoms with van der Waals surface area (Å²) in [6, 6.07) is 9.09. The van der Waals surface area contributed by atoms with Gasteiger partial charge in [-0.05, 0) is 43.5 Å². The molecule has 1 aromatic rings. The summed E-state index contributed by atoms with van der Waals surface area (Å²) in [5, 5.41) is 14.6. The molecule has 2 N–H and O–H groups in total. The molecule has 3 heteroatoms. The van der Waals surface area contributed by atoms with Gasteiger partial charge >= 0.3 is 0 Å². The Morgan fingerprint density at radius 3 is 2.60 bits per heavy atom. The summed E-state index contributed by atoms with van der Waals surface area (Å²) >= 11 is 0. The summed E-state index contributed by atoms with van der Waals surface area (Å²) in [5.74, 6) is 0.371. The molecule has 0 bridgehead atoms. The summed E-state index contributed by atoms with van der Waals surface area (Å²) in [6.45, 7) is 0.924. The third-order valence-corrected chi connectivity index (χ3v) is 5.16. The first kappa shape index (κ1) is 13.9. The molecule has 0 amide bonds. The van der Waals surface area contributed by atoms with Gasteiger partial charge in [0, 0.05) is 31.7 Å². The average Bonchev–Trinajstić information content (AvgIpc) is 2.46. The molecule has 1 saturated carbocycles. The molecule has 3 rings (SSSR count). The number of hydrogen-bond donors (Lipinski definition) is 2. The van der Waals surface area contributed by atoms with E-state index in [1.165, 1.54) is 24.1 Å². The van der Waals surface area contributed by atoms with Gasteiger partial charge in [-0.3, -0.25) is 0 Å². The lowest BCUT2D eigenvalue weighted by molar-refractivity contribution is -0.0861. The Morgan fingerprint density at radius 2 is 1.90 bits per heavy atom. The van der Waals surface area contributed by atoms with Gasteiger partial charge in [-0.1, -0.05) is 25.0 Å². The first-order valence-corrected chi connectivity index (χ1v) is 7.83. The van der Waals surface area contributed by atoms with Gasteiger partial charge in [0.15, 0.2) is 0 Å². The summed E-state index contributed by atoms with van der Waals surface area (Å²) in [5.41, 5.74) is 2.11. The van der Waals surface area contributed by atoms with Gasteiger partial charge in [0.2, 0.25) is 0 Å². The molecule has 3 atom stereocenters. The number of hydrogen-bond acceptors (Lipinski definition) is 3. The molecule has 2 aliphatic rings. The van der Waals surface area contributed by atoms with Crippen molar-refractivity contribution in [1.29, 1.82) is 0 Å². The Kier molecular flexibility index (Phi) is 3.74. The van der Waals surface area contributed by atoms with Crippen LogP contribution in [-0.2, 0) is 0 Å². The number of piperidine rings is 1. The van der Waals surface area contributed by atoms with Crippen LogP contribution < -0.4 is 10.2 Å². The number of nitrogens with zero attached hydrogens (tertiary/aromatic N) is 1. The maximum Gasteiger partial charge on any atom is 0.0706 e. The van der Waals surface area contributed by atoms with Gasteiger partial charge in [-0.15, -0.1) is 0 Å². The number of benzene rings is 1. The van der Waals surface area contributed by atoms with E-state index in [1.54, 1.807) is 0 Å².